The molecule has 12 heteroatoms. The van der Waals surface area contributed by atoms with Gasteiger partial charge in [0.1, 0.15) is 5.56 Å². The third-order valence-corrected chi connectivity index (χ3v) is 8.10. The molecule has 2 unspecified atom stereocenters. The van der Waals surface area contributed by atoms with Gasteiger partial charge >= 0.3 is 0 Å². The highest BCUT2D eigenvalue weighted by Crippen LogP contribution is 2.33. The molecule has 3 N–H and O–H groups in total. The van der Waals surface area contributed by atoms with Crippen molar-refractivity contribution < 1.29 is 29.3 Å². The van der Waals surface area contributed by atoms with Gasteiger partial charge in [0.05, 0.1) is 20.5 Å². The van der Waals surface area contributed by atoms with Crippen LogP contribution in [0.4, 0.5) is 8.78 Å². The number of pyridine rings is 1. The molecule has 2 saturated carbocycles. The summed E-state index contributed by atoms with van der Waals surface area (Å²) in [4.78, 5) is 44.4. The third-order valence-electron chi connectivity index (χ3n) is 8.10. The number of methoxy groups -OCH3 is 1. The van der Waals surface area contributed by atoms with E-state index in [4.69, 9.17) is 6.11 Å². The quantitative estimate of drug-likeness (QED) is 0.400. The van der Waals surface area contributed by atoms with Gasteiger partial charge in [-0.05, 0) is 55.9 Å². The number of amides is 3. The molecule has 3 aliphatic rings. The molecule has 0 spiro atoms. The summed E-state index contributed by atoms with van der Waals surface area (Å²) in [5.41, 5.74) is 2.46. The van der Waals surface area contributed by atoms with E-state index in [1.165, 1.54) is 4.90 Å². The van der Waals surface area contributed by atoms with E-state index in [0.29, 0.717) is 47.8 Å². The Morgan fingerprint density at radius 1 is 1.10 bits per heavy atom. The lowest BCUT2D eigenvalue weighted by Gasteiger charge is -2.31. The average Bonchev–Trinajstić information content (AvgIpc) is 3.56. The number of carbonyl (C=O) groups is 3. The molecule has 3 amide bonds. The van der Waals surface area contributed by atoms with Crippen LogP contribution in [0.15, 0.2) is 30.5 Å². The SMILES string of the molecule is [2H]COc1ncc(-c2ccc3c(C(=O)NC4CC4)n[nH]c3c2)cc1C(=O)NC1CCCC(C(=O)N2CCC(F)(F)C2)C1. The minimum Gasteiger partial charge on any atom is -0.480 e. The number of fused-ring (bicyclic) bond motifs is 1. The zero-order valence-electron chi connectivity index (χ0n) is 23.4. The van der Waals surface area contributed by atoms with E-state index >= 15 is 0 Å². The molecule has 2 aliphatic carbocycles. The Bertz CT molecular complexity index is 1530. The van der Waals surface area contributed by atoms with Crippen LogP contribution in [0.3, 0.4) is 0 Å². The number of carbonyl (C=O) groups excluding carboxylic acids is 3. The molecular weight excluding hydrogens is 534 g/mol. The number of rotatable bonds is 7. The number of nitrogens with one attached hydrogen (secondary N) is 3. The molecule has 0 radical (unpaired) electrons. The number of ether oxygens (including phenoxy) is 1. The summed E-state index contributed by atoms with van der Waals surface area (Å²) in [7, 11) is -0.432. The van der Waals surface area contributed by atoms with Crippen molar-refractivity contribution >= 4 is 28.6 Å². The van der Waals surface area contributed by atoms with Crippen LogP contribution in [0.1, 0.15) is 67.2 Å². The number of alkyl halides is 2. The normalized spacial score (nSPS) is 22.3. The first-order chi connectivity index (χ1) is 20.2. The molecule has 1 saturated heterocycles. The Balaban J connectivity index is 1.18. The fourth-order valence-electron chi connectivity index (χ4n) is 5.73. The fraction of sp³-hybridized carbons (Fsp3) is 0.483. The van der Waals surface area contributed by atoms with Crippen molar-refractivity contribution in [2.75, 3.05) is 20.2 Å². The Labute approximate surface area is 236 Å². The number of benzene rings is 1. The van der Waals surface area contributed by atoms with Gasteiger partial charge in [-0.3, -0.25) is 19.5 Å². The predicted octanol–water partition coefficient (Wildman–Crippen LogP) is 3.68. The number of H-pyrrole nitrogens is 1. The van der Waals surface area contributed by atoms with Crippen molar-refractivity contribution in [3.8, 4) is 17.0 Å². The maximum atomic E-state index is 13.7. The lowest BCUT2D eigenvalue weighted by atomic mass is 9.84. The van der Waals surface area contributed by atoms with Crippen LogP contribution in [0.5, 0.6) is 5.88 Å². The van der Waals surface area contributed by atoms with Crippen LogP contribution in [-0.4, -0.2) is 76.0 Å². The number of hydrogen-bond donors (Lipinski definition) is 3. The maximum absolute atomic E-state index is 13.7. The van der Waals surface area contributed by atoms with Crippen LogP contribution in [0, 0.1) is 5.92 Å². The Hall–Kier alpha value is -4.09. The summed E-state index contributed by atoms with van der Waals surface area (Å²) in [6, 6.07) is 6.94. The number of likely N-dealkylation sites (tertiary alicyclic amines) is 1. The third kappa shape index (κ3) is 5.73. The molecule has 3 fully saturated rings. The fourth-order valence-corrected chi connectivity index (χ4v) is 5.73. The smallest absolute Gasteiger partial charge is 0.272 e. The summed E-state index contributed by atoms with van der Waals surface area (Å²) < 4.78 is 40.1. The number of aromatic nitrogens is 3. The van der Waals surface area contributed by atoms with E-state index < -0.39 is 31.4 Å². The monoisotopic (exact) mass is 567 g/mol. The summed E-state index contributed by atoms with van der Waals surface area (Å²) >= 11 is 0. The van der Waals surface area contributed by atoms with Crippen LogP contribution < -0.4 is 15.4 Å². The highest BCUT2D eigenvalue weighted by molar-refractivity contribution is 6.05. The van der Waals surface area contributed by atoms with Crippen molar-refractivity contribution in [1.29, 1.82) is 0 Å². The van der Waals surface area contributed by atoms with Gasteiger partial charge in [0.25, 0.3) is 17.7 Å². The lowest BCUT2D eigenvalue weighted by molar-refractivity contribution is -0.137. The van der Waals surface area contributed by atoms with Gasteiger partial charge in [-0.25, -0.2) is 13.8 Å². The molecule has 3 aromatic rings. The Morgan fingerprint density at radius 2 is 1.93 bits per heavy atom. The van der Waals surface area contributed by atoms with Crippen molar-refractivity contribution in [2.45, 2.75) is 63.0 Å². The Morgan fingerprint density at radius 3 is 2.68 bits per heavy atom. The molecule has 2 aromatic heterocycles. The van der Waals surface area contributed by atoms with Crippen LogP contribution in [0.25, 0.3) is 22.0 Å². The number of nitrogens with zero attached hydrogens (tertiary/aromatic N) is 3. The molecule has 0 bridgehead atoms. The van der Waals surface area contributed by atoms with Gasteiger partial charge in [0, 0.05) is 48.1 Å². The van der Waals surface area contributed by atoms with E-state index in [-0.39, 0.29) is 48.3 Å². The Kier molecular flexibility index (Phi) is 6.76. The lowest BCUT2D eigenvalue weighted by Crippen LogP contribution is -2.43. The molecule has 1 aliphatic heterocycles. The maximum Gasteiger partial charge on any atom is 0.272 e. The zero-order valence-corrected chi connectivity index (χ0v) is 22.4. The molecule has 3 heterocycles. The second kappa shape index (κ2) is 10.7. The largest absolute Gasteiger partial charge is 0.480 e. The van der Waals surface area contributed by atoms with E-state index in [1.54, 1.807) is 18.3 Å². The molecule has 6 rings (SSSR count). The van der Waals surface area contributed by atoms with Gasteiger partial charge in [-0.2, -0.15) is 5.10 Å². The predicted molar refractivity (Wildman–Crippen MR) is 146 cm³/mol. The molecule has 41 heavy (non-hydrogen) atoms. The van der Waals surface area contributed by atoms with Crippen LogP contribution >= 0.6 is 0 Å². The summed E-state index contributed by atoms with van der Waals surface area (Å²) in [5, 5.41) is 13.7. The second-order valence-electron chi connectivity index (χ2n) is 11.2. The highest BCUT2D eigenvalue weighted by atomic mass is 19.3. The van der Waals surface area contributed by atoms with E-state index in [9.17, 15) is 23.2 Å². The topological polar surface area (TPSA) is 129 Å². The van der Waals surface area contributed by atoms with Gasteiger partial charge < -0.3 is 20.3 Å². The summed E-state index contributed by atoms with van der Waals surface area (Å²) in [6.07, 6.45) is 5.46. The number of hydrogen-bond acceptors (Lipinski definition) is 6. The first-order valence-corrected chi connectivity index (χ1v) is 13.9. The van der Waals surface area contributed by atoms with Crippen molar-refractivity contribution in [3.63, 3.8) is 0 Å². The average molecular weight is 568 g/mol. The van der Waals surface area contributed by atoms with Gasteiger partial charge in [0.2, 0.25) is 11.8 Å². The number of aromatic amines is 1. The molecule has 1 aromatic carbocycles. The van der Waals surface area contributed by atoms with E-state index in [1.807, 2.05) is 12.1 Å². The van der Waals surface area contributed by atoms with Gasteiger partial charge in [0.15, 0.2) is 5.69 Å². The van der Waals surface area contributed by atoms with Crippen molar-refractivity contribution in [1.82, 2.24) is 30.7 Å². The number of halogens is 2. The first kappa shape index (κ1) is 25.8. The molecule has 2 atom stereocenters. The summed E-state index contributed by atoms with van der Waals surface area (Å²) in [5.74, 6) is -4.23. The molecule has 10 nitrogen and oxygen atoms in total. The minimum absolute atomic E-state index is 0.00985. The van der Waals surface area contributed by atoms with E-state index in [0.717, 1.165) is 18.4 Å². The van der Waals surface area contributed by atoms with Crippen molar-refractivity contribution in [3.05, 3.63) is 41.7 Å². The molecular formula is C29H32F2N6O4. The zero-order chi connectivity index (χ0) is 29.4. The van der Waals surface area contributed by atoms with E-state index in [2.05, 4.69) is 25.8 Å². The minimum atomic E-state index is -2.85. The van der Waals surface area contributed by atoms with Crippen LogP contribution in [-0.2, 0) is 4.79 Å². The highest BCUT2D eigenvalue weighted by Gasteiger charge is 2.42. The summed E-state index contributed by atoms with van der Waals surface area (Å²) in [6.45, 7) is -0.504. The van der Waals surface area contributed by atoms with Gasteiger partial charge in [-0.1, -0.05) is 12.5 Å². The van der Waals surface area contributed by atoms with Crippen molar-refractivity contribution in [2.24, 2.45) is 5.92 Å². The van der Waals surface area contributed by atoms with Crippen LogP contribution in [0.2, 0.25) is 0 Å². The van der Waals surface area contributed by atoms with Gasteiger partial charge in [-0.15, -0.1) is 0 Å². The second-order valence-corrected chi connectivity index (χ2v) is 11.2. The standard InChI is InChI=1S/C29H32F2N6O4/c1-41-27-22(25(38)34-20-4-2-3-17(11-20)28(40)37-10-9-29(30,31)15-37)12-18(14-32-27)16-5-8-21-23(13-16)35-36-24(21)26(39)33-19-6-7-19/h5,8,12-14,17,19-20H,2-4,6-7,9-11,15H2,1H3,(H,33,39)(H,34,38)(H,35,36)/i1D. The first-order valence-electron chi connectivity index (χ1n) is 14.6. The molecule has 216 valence electrons.